The number of fused-ring (bicyclic) bond motifs is 1. The number of aliphatic hydroxyl groups is 1. The first-order valence-corrected chi connectivity index (χ1v) is 7.42. The zero-order chi connectivity index (χ0) is 12.5. The summed E-state index contributed by atoms with van der Waals surface area (Å²) < 4.78 is 0. The average Bonchev–Trinajstić information content (AvgIpc) is 3.00. The van der Waals surface area contributed by atoms with E-state index in [1.165, 1.54) is 19.3 Å². The zero-order valence-electron chi connectivity index (χ0n) is 11.0. The fraction of sp³-hybridized carbons (Fsp3) is 0.929. The van der Waals surface area contributed by atoms with E-state index >= 15 is 0 Å². The fourth-order valence-corrected chi connectivity index (χ4v) is 4.07. The summed E-state index contributed by atoms with van der Waals surface area (Å²) in [5.41, 5.74) is 0. The quantitative estimate of drug-likeness (QED) is 0.757. The fourth-order valence-electron chi connectivity index (χ4n) is 4.07. The van der Waals surface area contributed by atoms with E-state index in [0.29, 0.717) is 17.7 Å². The van der Waals surface area contributed by atoms with Gasteiger partial charge in [-0.3, -0.25) is 4.79 Å². The Balaban J connectivity index is 1.63. The first-order valence-electron chi connectivity index (χ1n) is 7.42. The van der Waals surface area contributed by atoms with E-state index in [1.807, 2.05) is 4.90 Å². The third-order valence-corrected chi connectivity index (χ3v) is 5.10. The van der Waals surface area contributed by atoms with Crippen molar-refractivity contribution < 1.29 is 9.90 Å². The summed E-state index contributed by atoms with van der Waals surface area (Å²) in [5, 5.41) is 12.7. The molecule has 3 rings (SSSR count). The molecule has 2 N–H and O–H groups in total. The monoisotopic (exact) mass is 252 g/mol. The van der Waals surface area contributed by atoms with Gasteiger partial charge < -0.3 is 15.3 Å². The molecule has 2 aliphatic heterocycles. The number of rotatable bonds is 2. The van der Waals surface area contributed by atoms with Crippen molar-refractivity contribution in [2.45, 2.75) is 38.1 Å². The number of aliphatic hydroxyl groups excluding tert-OH is 1. The Kier molecular flexibility index (Phi) is 3.57. The molecular weight excluding hydrogens is 228 g/mol. The molecule has 0 aromatic carbocycles. The van der Waals surface area contributed by atoms with Gasteiger partial charge in [-0.15, -0.1) is 0 Å². The van der Waals surface area contributed by atoms with Crippen LogP contribution in [0.3, 0.4) is 0 Å². The molecule has 4 heteroatoms. The van der Waals surface area contributed by atoms with Crippen molar-refractivity contribution >= 4 is 5.91 Å². The Morgan fingerprint density at radius 1 is 1.28 bits per heavy atom. The maximum atomic E-state index is 12.6. The highest BCUT2D eigenvalue weighted by molar-refractivity contribution is 5.82. The highest BCUT2D eigenvalue weighted by atomic mass is 16.3. The number of piperidine rings is 1. The molecule has 2 saturated heterocycles. The smallest absolute Gasteiger partial charge is 0.240 e. The van der Waals surface area contributed by atoms with Crippen molar-refractivity contribution in [3.05, 3.63) is 0 Å². The molecular formula is C14H24N2O2. The maximum absolute atomic E-state index is 12.6. The van der Waals surface area contributed by atoms with Crippen LogP contribution in [0.15, 0.2) is 0 Å². The number of likely N-dealkylation sites (tertiary alicyclic amines) is 1. The van der Waals surface area contributed by atoms with Crippen molar-refractivity contribution in [1.82, 2.24) is 10.2 Å². The average molecular weight is 252 g/mol. The van der Waals surface area contributed by atoms with E-state index in [4.69, 9.17) is 0 Å². The summed E-state index contributed by atoms with van der Waals surface area (Å²) in [5.74, 6) is 1.90. The van der Waals surface area contributed by atoms with E-state index in [2.05, 4.69) is 5.32 Å². The van der Waals surface area contributed by atoms with Crippen LogP contribution in [-0.4, -0.2) is 48.2 Å². The van der Waals surface area contributed by atoms with Crippen molar-refractivity contribution in [1.29, 1.82) is 0 Å². The van der Waals surface area contributed by atoms with E-state index in [-0.39, 0.29) is 12.6 Å². The van der Waals surface area contributed by atoms with E-state index in [0.717, 1.165) is 38.4 Å². The zero-order valence-corrected chi connectivity index (χ0v) is 11.0. The van der Waals surface area contributed by atoms with Gasteiger partial charge in [-0.2, -0.15) is 0 Å². The number of nitrogens with zero attached hydrogens (tertiary/aromatic N) is 1. The van der Waals surface area contributed by atoms with Gasteiger partial charge in [0.15, 0.2) is 0 Å². The Labute approximate surface area is 109 Å². The molecule has 3 fully saturated rings. The standard InChI is InChI=1S/C14H24N2O2/c17-9-10-3-2-6-16(8-10)14(18)13-12-5-1-4-11(12)7-15-13/h10-13,15,17H,1-9H2. The molecule has 0 radical (unpaired) electrons. The summed E-state index contributed by atoms with van der Waals surface area (Å²) in [4.78, 5) is 14.6. The maximum Gasteiger partial charge on any atom is 0.240 e. The molecule has 18 heavy (non-hydrogen) atoms. The minimum Gasteiger partial charge on any atom is -0.396 e. The van der Waals surface area contributed by atoms with Crippen molar-refractivity contribution in [2.24, 2.45) is 17.8 Å². The van der Waals surface area contributed by atoms with E-state index in [9.17, 15) is 9.90 Å². The predicted octanol–water partition coefficient (Wildman–Crippen LogP) is 0.605. The number of hydrogen-bond acceptors (Lipinski definition) is 3. The molecule has 4 unspecified atom stereocenters. The van der Waals surface area contributed by atoms with Crippen LogP contribution >= 0.6 is 0 Å². The van der Waals surface area contributed by atoms with Gasteiger partial charge in [0.1, 0.15) is 0 Å². The molecule has 0 bridgehead atoms. The van der Waals surface area contributed by atoms with Gasteiger partial charge in [-0.25, -0.2) is 0 Å². The summed E-state index contributed by atoms with van der Waals surface area (Å²) in [7, 11) is 0. The van der Waals surface area contributed by atoms with Crippen LogP contribution in [0.25, 0.3) is 0 Å². The number of carbonyl (C=O) groups is 1. The van der Waals surface area contributed by atoms with E-state index < -0.39 is 0 Å². The second kappa shape index (κ2) is 5.17. The molecule has 0 spiro atoms. The Morgan fingerprint density at radius 3 is 3.00 bits per heavy atom. The number of amides is 1. The molecule has 102 valence electrons. The minimum absolute atomic E-state index is 0.0648. The number of nitrogens with one attached hydrogen (secondary N) is 1. The molecule has 1 saturated carbocycles. The SMILES string of the molecule is O=C(C1NCC2CCCC21)N1CCCC(CO)C1. The van der Waals surface area contributed by atoms with Gasteiger partial charge >= 0.3 is 0 Å². The highest BCUT2D eigenvalue weighted by Crippen LogP contribution is 2.38. The molecule has 3 aliphatic rings. The van der Waals surface area contributed by atoms with Gasteiger partial charge in [-0.1, -0.05) is 6.42 Å². The van der Waals surface area contributed by atoms with Crippen LogP contribution in [0, 0.1) is 17.8 Å². The van der Waals surface area contributed by atoms with Gasteiger partial charge in [0.2, 0.25) is 5.91 Å². The Bertz CT molecular complexity index is 321. The second-order valence-corrected chi connectivity index (χ2v) is 6.22. The first-order chi connectivity index (χ1) is 8.79. The normalized spacial score (nSPS) is 39.9. The summed E-state index contributed by atoms with van der Waals surface area (Å²) in [6.45, 7) is 2.88. The lowest BCUT2D eigenvalue weighted by Crippen LogP contribution is -2.50. The van der Waals surface area contributed by atoms with Crippen molar-refractivity contribution in [3.63, 3.8) is 0 Å². The molecule has 0 aromatic heterocycles. The molecule has 4 nitrogen and oxygen atoms in total. The van der Waals surface area contributed by atoms with Gasteiger partial charge in [0.25, 0.3) is 0 Å². The molecule has 0 aromatic rings. The third kappa shape index (κ3) is 2.16. The highest BCUT2D eigenvalue weighted by Gasteiger charge is 2.44. The van der Waals surface area contributed by atoms with Gasteiger partial charge in [0.05, 0.1) is 6.04 Å². The molecule has 4 atom stereocenters. The molecule has 1 amide bonds. The summed E-state index contributed by atoms with van der Waals surface area (Å²) >= 11 is 0. The summed E-state index contributed by atoms with van der Waals surface area (Å²) in [6.07, 6.45) is 5.90. The third-order valence-electron chi connectivity index (χ3n) is 5.10. The van der Waals surface area contributed by atoms with Gasteiger partial charge in [-0.05, 0) is 50.0 Å². The van der Waals surface area contributed by atoms with Crippen LogP contribution in [0.4, 0.5) is 0 Å². The van der Waals surface area contributed by atoms with Crippen LogP contribution in [-0.2, 0) is 4.79 Å². The second-order valence-electron chi connectivity index (χ2n) is 6.22. The van der Waals surface area contributed by atoms with E-state index in [1.54, 1.807) is 0 Å². The topological polar surface area (TPSA) is 52.6 Å². The van der Waals surface area contributed by atoms with Crippen LogP contribution < -0.4 is 5.32 Å². The van der Waals surface area contributed by atoms with Crippen LogP contribution in [0.5, 0.6) is 0 Å². The van der Waals surface area contributed by atoms with Crippen LogP contribution in [0.2, 0.25) is 0 Å². The molecule has 1 aliphatic carbocycles. The Hall–Kier alpha value is -0.610. The minimum atomic E-state index is 0.0648. The van der Waals surface area contributed by atoms with Gasteiger partial charge in [0, 0.05) is 19.7 Å². The number of carbonyl (C=O) groups excluding carboxylic acids is 1. The Morgan fingerprint density at radius 2 is 2.17 bits per heavy atom. The van der Waals surface area contributed by atoms with Crippen molar-refractivity contribution in [2.75, 3.05) is 26.2 Å². The molecule has 2 heterocycles. The van der Waals surface area contributed by atoms with Crippen LogP contribution in [0.1, 0.15) is 32.1 Å². The lowest BCUT2D eigenvalue weighted by Gasteiger charge is -2.34. The number of hydrogen-bond donors (Lipinski definition) is 2. The predicted molar refractivity (Wildman–Crippen MR) is 69.0 cm³/mol. The van der Waals surface area contributed by atoms with Crippen molar-refractivity contribution in [3.8, 4) is 0 Å². The first kappa shape index (κ1) is 12.4. The lowest BCUT2D eigenvalue weighted by molar-refractivity contribution is -0.136. The summed E-state index contributed by atoms with van der Waals surface area (Å²) in [6, 6.07) is 0.0648. The lowest BCUT2D eigenvalue weighted by atomic mass is 9.92. The largest absolute Gasteiger partial charge is 0.396 e.